The maximum absolute atomic E-state index is 13.0. The fourth-order valence-electron chi connectivity index (χ4n) is 2.53. The van der Waals surface area contributed by atoms with Crippen LogP contribution < -0.4 is 5.32 Å². The molecular formula is C14H18FN3O3. The second-order valence-electron chi connectivity index (χ2n) is 5.28. The van der Waals surface area contributed by atoms with Crippen LogP contribution in [0.2, 0.25) is 0 Å². The first kappa shape index (κ1) is 15.4. The number of anilines is 1. The molecular weight excluding hydrogens is 277 g/mol. The van der Waals surface area contributed by atoms with Gasteiger partial charge >= 0.3 is 0 Å². The summed E-state index contributed by atoms with van der Waals surface area (Å²) >= 11 is 0. The average molecular weight is 295 g/mol. The summed E-state index contributed by atoms with van der Waals surface area (Å²) in [6, 6.07) is 3.43. The number of carbonyl (C=O) groups excluding carboxylic acids is 1. The number of nitrogens with zero attached hydrogens (tertiary/aromatic N) is 2. The Morgan fingerprint density at radius 3 is 2.95 bits per heavy atom. The summed E-state index contributed by atoms with van der Waals surface area (Å²) in [4.78, 5) is 24.2. The van der Waals surface area contributed by atoms with Crippen molar-refractivity contribution in [2.24, 2.45) is 0 Å². The van der Waals surface area contributed by atoms with Gasteiger partial charge < -0.3 is 5.32 Å². The van der Waals surface area contributed by atoms with E-state index in [1.54, 1.807) is 0 Å². The van der Waals surface area contributed by atoms with Gasteiger partial charge in [-0.25, -0.2) is 4.39 Å². The number of hydrogen-bond acceptors (Lipinski definition) is 4. The molecule has 1 N–H and O–H groups in total. The van der Waals surface area contributed by atoms with E-state index >= 15 is 0 Å². The van der Waals surface area contributed by atoms with Crippen molar-refractivity contribution in [2.45, 2.75) is 32.2 Å². The number of nitro groups is 1. The smallest absolute Gasteiger partial charge is 0.295 e. The quantitative estimate of drug-likeness (QED) is 0.684. The Bertz CT molecular complexity index is 550. The standard InChI is InChI=1S/C14H18FN3O3/c1-10-4-2-3-7-17(10)9-14(19)16-12-6-5-11(15)8-13(12)18(20)21/h5-6,8,10H,2-4,7,9H2,1H3,(H,16,19). The molecule has 1 aromatic carbocycles. The van der Waals surface area contributed by atoms with Crippen molar-refractivity contribution in [1.29, 1.82) is 0 Å². The van der Waals surface area contributed by atoms with Crippen molar-refractivity contribution in [3.8, 4) is 0 Å². The van der Waals surface area contributed by atoms with Gasteiger partial charge in [0.15, 0.2) is 0 Å². The molecule has 1 unspecified atom stereocenters. The van der Waals surface area contributed by atoms with Crippen molar-refractivity contribution in [2.75, 3.05) is 18.4 Å². The summed E-state index contributed by atoms with van der Waals surface area (Å²) < 4.78 is 13.0. The molecule has 6 nitrogen and oxygen atoms in total. The van der Waals surface area contributed by atoms with Gasteiger partial charge in [0.05, 0.1) is 17.5 Å². The molecule has 1 amide bonds. The highest BCUT2D eigenvalue weighted by Crippen LogP contribution is 2.25. The summed E-state index contributed by atoms with van der Waals surface area (Å²) in [5.74, 6) is -1.03. The second-order valence-corrected chi connectivity index (χ2v) is 5.28. The fourth-order valence-corrected chi connectivity index (χ4v) is 2.53. The molecule has 0 bridgehead atoms. The van der Waals surface area contributed by atoms with E-state index in [4.69, 9.17) is 0 Å². The molecule has 1 heterocycles. The van der Waals surface area contributed by atoms with E-state index in [-0.39, 0.29) is 18.1 Å². The van der Waals surface area contributed by atoms with E-state index in [0.717, 1.165) is 37.9 Å². The zero-order valence-electron chi connectivity index (χ0n) is 11.8. The first-order valence-corrected chi connectivity index (χ1v) is 6.95. The Morgan fingerprint density at radius 2 is 2.29 bits per heavy atom. The monoisotopic (exact) mass is 295 g/mol. The predicted octanol–water partition coefficient (Wildman–Crippen LogP) is 2.55. The summed E-state index contributed by atoms with van der Waals surface area (Å²) in [6.07, 6.45) is 3.25. The summed E-state index contributed by atoms with van der Waals surface area (Å²) in [5, 5.41) is 13.4. The largest absolute Gasteiger partial charge is 0.319 e. The molecule has 1 aliphatic rings. The highest BCUT2D eigenvalue weighted by Gasteiger charge is 2.22. The number of rotatable bonds is 4. The number of piperidine rings is 1. The molecule has 1 saturated heterocycles. The third-order valence-corrected chi connectivity index (χ3v) is 3.72. The van der Waals surface area contributed by atoms with Crippen LogP contribution in [0.25, 0.3) is 0 Å². The van der Waals surface area contributed by atoms with Crippen LogP contribution >= 0.6 is 0 Å². The number of nitro benzene ring substituents is 1. The van der Waals surface area contributed by atoms with E-state index < -0.39 is 16.4 Å². The van der Waals surface area contributed by atoms with Gasteiger partial charge in [0.1, 0.15) is 11.5 Å². The van der Waals surface area contributed by atoms with Crippen LogP contribution in [-0.4, -0.2) is 34.9 Å². The number of carbonyl (C=O) groups is 1. The van der Waals surface area contributed by atoms with Crippen molar-refractivity contribution >= 4 is 17.3 Å². The minimum atomic E-state index is -0.706. The molecule has 7 heteroatoms. The molecule has 1 fully saturated rings. The predicted molar refractivity (Wildman–Crippen MR) is 76.6 cm³/mol. The first-order valence-electron chi connectivity index (χ1n) is 6.95. The Morgan fingerprint density at radius 1 is 1.52 bits per heavy atom. The molecule has 0 aliphatic carbocycles. The topological polar surface area (TPSA) is 75.5 Å². The number of likely N-dealkylation sites (tertiary alicyclic amines) is 1. The minimum Gasteiger partial charge on any atom is -0.319 e. The number of nitrogens with one attached hydrogen (secondary N) is 1. The molecule has 21 heavy (non-hydrogen) atoms. The average Bonchev–Trinajstić information content (AvgIpc) is 2.43. The van der Waals surface area contributed by atoms with Crippen molar-refractivity contribution in [1.82, 2.24) is 4.90 Å². The normalized spacial score (nSPS) is 19.2. The van der Waals surface area contributed by atoms with E-state index in [1.165, 1.54) is 6.07 Å². The van der Waals surface area contributed by atoms with E-state index in [9.17, 15) is 19.3 Å². The van der Waals surface area contributed by atoms with Gasteiger partial charge in [-0.2, -0.15) is 0 Å². The van der Waals surface area contributed by atoms with Gasteiger partial charge in [-0.3, -0.25) is 19.8 Å². The van der Waals surface area contributed by atoms with E-state index in [0.29, 0.717) is 6.04 Å². The van der Waals surface area contributed by atoms with Gasteiger partial charge in [-0.15, -0.1) is 0 Å². The lowest BCUT2D eigenvalue weighted by atomic mass is 10.0. The van der Waals surface area contributed by atoms with E-state index in [2.05, 4.69) is 12.2 Å². The van der Waals surface area contributed by atoms with Gasteiger partial charge in [-0.05, 0) is 38.4 Å². The zero-order valence-corrected chi connectivity index (χ0v) is 11.8. The number of halogens is 1. The summed E-state index contributed by atoms with van der Waals surface area (Å²) in [5.41, 5.74) is -0.411. The maximum Gasteiger partial charge on any atom is 0.295 e. The van der Waals surface area contributed by atoms with Gasteiger partial charge in [0, 0.05) is 6.04 Å². The second kappa shape index (κ2) is 6.62. The summed E-state index contributed by atoms with van der Waals surface area (Å²) in [7, 11) is 0. The van der Waals surface area contributed by atoms with Crippen LogP contribution in [0.3, 0.4) is 0 Å². The van der Waals surface area contributed by atoms with Crippen LogP contribution in [0.15, 0.2) is 18.2 Å². The van der Waals surface area contributed by atoms with Crippen LogP contribution in [-0.2, 0) is 4.79 Å². The Kier molecular flexibility index (Phi) is 4.85. The lowest BCUT2D eigenvalue weighted by molar-refractivity contribution is -0.384. The lowest BCUT2D eigenvalue weighted by Gasteiger charge is -2.32. The Labute approximate surface area is 122 Å². The lowest BCUT2D eigenvalue weighted by Crippen LogP contribution is -2.42. The molecule has 0 aromatic heterocycles. The van der Waals surface area contributed by atoms with Crippen molar-refractivity contribution in [3.63, 3.8) is 0 Å². The molecule has 0 spiro atoms. The molecule has 1 aromatic rings. The Hall–Kier alpha value is -2.02. The van der Waals surface area contributed by atoms with Crippen LogP contribution in [0, 0.1) is 15.9 Å². The molecule has 0 radical (unpaired) electrons. The number of hydrogen-bond donors (Lipinski definition) is 1. The van der Waals surface area contributed by atoms with Crippen LogP contribution in [0.5, 0.6) is 0 Å². The Balaban J connectivity index is 2.04. The van der Waals surface area contributed by atoms with E-state index in [1.807, 2.05) is 4.90 Å². The van der Waals surface area contributed by atoms with Crippen LogP contribution in [0.4, 0.5) is 15.8 Å². The van der Waals surface area contributed by atoms with Crippen molar-refractivity contribution in [3.05, 3.63) is 34.1 Å². The minimum absolute atomic E-state index is 0.0241. The zero-order chi connectivity index (χ0) is 15.4. The molecule has 1 atom stereocenters. The third-order valence-electron chi connectivity index (χ3n) is 3.72. The van der Waals surface area contributed by atoms with Crippen LogP contribution in [0.1, 0.15) is 26.2 Å². The molecule has 0 saturated carbocycles. The van der Waals surface area contributed by atoms with Gasteiger partial charge in [0.2, 0.25) is 5.91 Å². The summed E-state index contributed by atoms with van der Waals surface area (Å²) in [6.45, 7) is 3.10. The van der Waals surface area contributed by atoms with Gasteiger partial charge in [-0.1, -0.05) is 6.42 Å². The first-order chi connectivity index (χ1) is 9.97. The SMILES string of the molecule is CC1CCCCN1CC(=O)Nc1ccc(F)cc1[N+](=O)[O-]. The number of benzene rings is 1. The number of amides is 1. The highest BCUT2D eigenvalue weighted by atomic mass is 19.1. The molecule has 2 rings (SSSR count). The van der Waals surface area contributed by atoms with Crippen molar-refractivity contribution < 1.29 is 14.1 Å². The highest BCUT2D eigenvalue weighted by molar-refractivity contribution is 5.94. The van der Waals surface area contributed by atoms with Gasteiger partial charge in [0.25, 0.3) is 5.69 Å². The maximum atomic E-state index is 13.0. The molecule has 1 aliphatic heterocycles. The fraction of sp³-hybridized carbons (Fsp3) is 0.500. The third kappa shape index (κ3) is 3.98. The molecule has 114 valence electrons.